The summed E-state index contributed by atoms with van der Waals surface area (Å²) in [5.41, 5.74) is -0.113. The fourth-order valence-corrected chi connectivity index (χ4v) is 1.97. The van der Waals surface area contributed by atoms with Crippen LogP contribution in [0.2, 0.25) is 5.02 Å². The minimum absolute atomic E-state index is 0.0745. The van der Waals surface area contributed by atoms with Crippen LogP contribution in [0.15, 0.2) is 18.2 Å². The van der Waals surface area contributed by atoms with Gasteiger partial charge in [-0.3, -0.25) is 19.7 Å². The summed E-state index contributed by atoms with van der Waals surface area (Å²) in [4.78, 5) is 32.9. The zero-order valence-corrected chi connectivity index (χ0v) is 12.9. The van der Waals surface area contributed by atoms with Crippen LogP contribution in [0.5, 0.6) is 0 Å². The molecule has 0 aliphatic rings. The molecule has 1 aromatic rings. The summed E-state index contributed by atoms with van der Waals surface area (Å²) in [7, 11) is 1.34. The third-order valence-corrected chi connectivity index (χ3v) is 3.31. The van der Waals surface area contributed by atoms with Crippen molar-refractivity contribution in [2.24, 2.45) is 0 Å². The molecule has 1 rings (SSSR count). The van der Waals surface area contributed by atoms with Crippen LogP contribution in [-0.4, -0.2) is 30.5 Å². The van der Waals surface area contributed by atoms with E-state index in [1.54, 1.807) is 0 Å². The molecular weight excluding hydrogens is 312 g/mol. The number of nitrogens with one attached hydrogen (secondary N) is 1. The number of nitrogens with zero attached hydrogens (tertiary/aromatic N) is 1. The van der Waals surface area contributed by atoms with Crippen LogP contribution in [-0.2, 0) is 9.53 Å². The molecule has 1 N–H and O–H groups in total. The zero-order chi connectivity index (χ0) is 16.5. The average molecular weight is 329 g/mol. The molecule has 120 valence electrons. The van der Waals surface area contributed by atoms with Crippen molar-refractivity contribution in [1.29, 1.82) is 0 Å². The molecule has 0 bridgehead atoms. The van der Waals surface area contributed by atoms with E-state index in [4.69, 9.17) is 11.6 Å². The van der Waals surface area contributed by atoms with E-state index in [1.807, 2.05) is 0 Å². The summed E-state index contributed by atoms with van der Waals surface area (Å²) in [5.74, 6) is -0.714. The lowest BCUT2D eigenvalue weighted by Gasteiger charge is -2.06. The lowest BCUT2D eigenvalue weighted by Crippen LogP contribution is -2.24. The number of benzene rings is 1. The Labute approximate surface area is 132 Å². The molecule has 0 fully saturated rings. The van der Waals surface area contributed by atoms with Gasteiger partial charge in [-0.2, -0.15) is 0 Å². The SMILES string of the molecule is COC(=O)CCCCCNC(=O)c1cc([N+](=O)[O-])ccc1Cl. The van der Waals surface area contributed by atoms with Crippen molar-refractivity contribution in [1.82, 2.24) is 5.32 Å². The second-order valence-corrected chi connectivity index (χ2v) is 4.97. The molecule has 0 atom stereocenters. The molecule has 22 heavy (non-hydrogen) atoms. The van der Waals surface area contributed by atoms with E-state index in [0.717, 1.165) is 12.5 Å². The number of carbonyl (C=O) groups is 2. The summed E-state index contributed by atoms with van der Waals surface area (Å²) in [5, 5.41) is 13.5. The Hall–Kier alpha value is -2.15. The molecule has 1 aromatic carbocycles. The minimum Gasteiger partial charge on any atom is -0.469 e. The van der Waals surface area contributed by atoms with E-state index in [2.05, 4.69) is 10.1 Å². The van der Waals surface area contributed by atoms with Gasteiger partial charge in [0.2, 0.25) is 0 Å². The summed E-state index contributed by atoms with van der Waals surface area (Å²) >= 11 is 5.87. The maximum Gasteiger partial charge on any atom is 0.305 e. The summed E-state index contributed by atoms with van der Waals surface area (Å²) in [6.45, 7) is 0.402. The molecule has 0 saturated carbocycles. The van der Waals surface area contributed by atoms with Crippen LogP contribution < -0.4 is 5.32 Å². The molecule has 0 aliphatic heterocycles. The van der Waals surface area contributed by atoms with E-state index in [0.29, 0.717) is 25.8 Å². The Bertz CT molecular complexity index is 562. The van der Waals surface area contributed by atoms with Crippen LogP contribution in [0, 0.1) is 10.1 Å². The van der Waals surface area contributed by atoms with Crippen molar-refractivity contribution in [2.45, 2.75) is 25.7 Å². The van der Waals surface area contributed by atoms with Crippen LogP contribution in [0.25, 0.3) is 0 Å². The molecule has 0 heterocycles. The first-order valence-corrected chi connectivity index (χ1v) is 7.12. The number of unbranched alkanes of at least 4 members (excludes halogenated alkanes) is 2. The normalized spacial score (nSPS) is 10.1. The number of methoxy groups -OCH3 is 1. The average Bonchev–Trinajstić information content (AvgIpc) is 2.50. The van der Waals surface area contributed by atoms with Gasteiger partial charge in [-0.1, -0.05) is 18.0 Å². The first kappa shape index (κ1) is 17.9. The van der Waals surface area contributed by atoms with Crippen molar-refractivity contribution in [3.8, 4) is 0 Å². The third-order valence-electron chi connectivity index (χ3n) is 2.98. The quantitative estimate of drug-likeness (QED) is 0.342. The third kappa shape index (κ3) is 5.69. The lowest BCUT2D eigenvalue weighted by molar-refractivity contribution is -0.384. The number of amides is 1. The van der Waals surface area contributed by atoms with Crippen LogP contribution in [0.1, 0.15) is 36.0 Å². The number of hydrogen-bond donors (Lipinski definition) is 1. The molecule has 8 heteroatoms. The zero-order valence-electron chi connectivity index (χ0n) is 12.1. The second-order valence-electron chi connectivity index (χ2n) is 4.56. The fourth-order valence-electron chi connectivity index (χ4n) is 1.77. The van der Waals surface area contributed by atoms with Gasteiger partial charge >= 0.3 is 5.97 Å². The van der Waals surface area contributed by atoms with Gasteiger partial charge in [-0.25, -0.2) is 0 Å². The van der Waals surface area contributed by atoms with Crippen LogP contribution in [0.3, 0.4) is 0 Å². The largest absolute Gasteiger partial charge is 0.469 e. The Morgan fingerprint density at radius 1 is 1.32 bits per heavy atom. The van der Waals surface area contributed by atoms with Gasteiger partial charge in [0, 0.05) is 25.1 Å². The number of esters is 1. The Balaban J connectivity index is 2.41. The molecule has 1 amide bonds. The van der Waals surface area contributed by atoms with E-state index < -0.39 is 10.8 Å². The molecule has 0 aromatic heterocycles. The number of rotatable bonds is 8. The summed E-state index contributed by atoms with van der Waals surface area (Å²) in [6, 6.07) is 3.71. The molecule has 7 nitrogen and oxygen atoms in total. The van der Waals surface area contributed by atoms with Gasteiger partial charge in [-0.15, -0.1) is 0 Å². The Morgan fingerprint density at radius 2 is 2.05 bits per heavy atom. The number of carbonyl (C=O) groups excluding carboxylic acids is 2. The van der Waals surface area contributed by atoms with Gasteiger partial charge in [0.25, 0.3) is 11.6 Å². The number of non-ortho nitro benzene ring substituents is 1. The van der Waals surface area contributed by atoms with Crippen molar-refractivity contribution < 1.29 is 19.2 Å². The highest BCUT2D eigenvalue weighted by Crippen LogP contribution is 2.21. The molecule has 0 aliphatic carbocycles. The highest BCUT2D eigenvalue weighted by atomic mass is 35.5. The number of halogens is 1. The van der Waals surface area contributed by atoms with Gasteiger partial charge in [0.1, 0.15) is 0 Å². The van der Waals surface area contributed by atoms with Gasteiger partial charge in [0.05, 0.1) is 22.6 Å². The number of hydrogen-bond acceptors (Lipinski definition) is 5. The van der Waals surface area contributed by atoms with Crippen molar-refractivity contribution in [3.05, 3.63) is 38.9 Å². The monoisotopic (exact) mass is 328 g/mol. The lowest BCUT2D eigenvalue weighted by atomic mass is 10.1. The molecule has 0 saturated heterocycles. The second kappa shape index (κ2) is 8.99. The van der Waals surface area contributed by atoms with Crippen molar-refractivity contribution in [2.75, 3.05) is 13.7 Å². The first-order chi connectivity index (χ1) is 10.5. The first-order valence-electron chi connectivity index (χ1n) is 6.74. The van der Waals surface area contributed by atoms with E-state index in [1.165, 1.54) is 19.2 Å². The summed E-state index contributed by atoms with van der Waals surface area (Å²) in [6.07, 6.45) is 2.48. The topological polar surface area (TPSA) is 98.5 Å². The van der Waals surface area contributed by atoms with E-state index in [-0.39, 0.29) is 22.2 Å². The maximum absolute atomic E-state index is 11.9. The van der Waals surface area contributed by atoms with Gasteiger partial charge < -0.3 is 10.1 Å². The standard InChI is InChI=1S/C14H17ClN2O5/c1-22-13(18)5-3-2-4-8-16-14(19)11-9-10(17(20)21)6-7-12(11)15/h6-7,9H,2-5,8H2,1H3,(H,16,19). The minimum atomic E-state index is -0.583. The van der Waals surface area contributed by atoms with E-state index >= 15 is 0 Å². The highest BCUT2D eigenvalue weighted by molar-refractivity contribution is 6.33. The van der Waals surface area contributed by atoms with Gasteiger partial charge in [-0.05, 0) is 18.9 Å². The highest BCUT2D eigenvalue weighted by Gasteiger charge is 2.15. The summed E-state index contributed by atoms with van der Waals surface area (Å²) < 4.78 is 4.52. The number of nitro benzene ring substituents is 1. The molecule has 0 spiro atoms. The van der Waals surface area contributed by atoms with E-state index in [9.17, 15) is 19.7 Å². The maximum atomic E-state index is 11.9. The molecule has 0 unspecified atom stereocenters. The van der Waals surface area contributed by atoms with Crippen molar-refractivity contribution >= 4 is 29.2 Å². The van der Waals surface area contributed by atoms with Crippen LogP contribution in [0.4, 0.5) is 5.69 Å². The predicted octanol–water partition coefficient (Wildman–Crippen LogP) is 2.71. The Kier molecular flexibility index (Phi) is 7.31. The molecular formula is C14H17ClN2O5. The number of ether oxygens (including phenoxy) is 1. The fraction of sp³-hybridized carbons (Fsp3) is 0.429. The van der Waals surface area contributed by atoms with Crippen LogP contribution >= 0.6 is 11.6 Å². The molecule has 0 radical (unpaired) electrons. The van der Waals surface area contributed by atoms with Crippen molar-refractivity contribution in [3.63, 3.8) is 0 Å². The smallest absolute Gasteiger partial charge is 0.305 e. The number of nitro groups is 1. The van der Waals surface area contributed by atoms with Gasteiger partial charge in [0.15, 0.2) is 0 Å². The predicted molar refractivity (Wildman–Crippen MR) is 80.9 cm³/mol. The Morgan fingerprint density at radius 3 is 2.68 bits per heavy atom.